The highest BCUT2D eigenvalue weighted by Gasteiger charge is 2.26. The summed E-state index contributed by atoms with van der Waals surface area (Å²) in [6, 6.07) is 11.9. The van der Waals surface area contributed by atoms with Gasteiger partial charge in [0.15, 0.2) is 6.61 Å². The molecule has 0 radical (unpaired) electrons. The van der Waals surface area contributed by atoms with E-state index < -0.39 is 6.04 Å². The van der Waals surface area contributed by atoms with Crippen LogP contribution in [-0.2, 0) is 16.1 Å². The number of aryl methyl sites for hydroxylation is 1. The molecule has 0 heterocycles. The summed E-state index contributed by atoms with van der Waals surface area (Å²) < 4.78 is 5.63. The van der Waals surface area contributed by atoms with Crippen LogP contribution in [0.1, 0.15) is 31.4 Å². The molecule has 29 heavy (non-hydrogen) atoms. The molecule has 2 amide bonds. The first kappa shape index (κ1) is 23.0. The maximum Gasteiger partial charge on any atom is 0.261 e. The first-order valence-electron chi connectivity index (χ1n) is 9.52. The SMILES string of the molecule is CCCNC(=O)[C@@H](C)N(Cc1ccc(Cl)c(Cl)c1)C(=O)COc1ccc(C)cc1. The van der Waals surface area contributed by atoms with Crippen LogP contribution in [0.3, 0.4) is 0 Å². The Labute approximate surface area is 181 Å². The van der Waals surface area contributed by atoms with Crippen molar-refractivity contribution in [1.29, 1.82) is 0 Å². The van der Waals surface area contributed by atoms with Crippen LogP contribution in [0.2, 0.25) is 10.0 Å². The maximum absolute atomic E-state index is 12.9. The fraction of sp³-hybridized carbons (Fsp3) is 0.364. The van der Waals surface area contributed by atoms with Crippen LogP contribution < -0.4 is 10.1 Å². The second-order valence-electron chi connectivity index (χ2n) is 6.84. The van der Waals surface area contributed by atoms with E-state index in [0.29, 0.717) is 22.3 Å². The highest BCUT2D eigenvalue weighted by molar-refractivity contribution is 6.42. The van der Waals surface area contributed by atoms with Gasteiger partial charge < -0.3 is 15.0 Å². The third-order valence-corrected chi connectivity index (χ3v) is 5.18. The summed E-state index contributed by atoms with van der Waals surface area (Å²) in [5.74, 6) is 0.0907. The highest BCUT2D eigenvalue weighted by Crippen LogP contribution is 2.24. The zero-order valence-corrected chi connectivity index (χ0v) is 18.4. The molecule has 0 aromatic heterocycles. The van der Waals surface area contributed by atoms with Crippen LogP contribution >= 0.6 is 23.2 Å². The number of ether oxygens (including phenoxy) is 1. The summed E-state index contributed by atoms with van der Waals surface area (Å²) in [7, 11) is 0. The molecule has 0 spiro atoms. The van der Waals surface area contributed by atoms with Crippen molar-refractivity contribution in [3.05, 3.63) is 63.6 Å². The lowest BCUT2D eigenvalue weighted by Crippen LogP contribution is -2.49. The lowest BCUT2D eigenvalue weighted by atomic mass is 10.1. The van der Waals surface area contributed by atoms with Gasteiger partial charge in [0.2, 0.25) is 5.91 Å². The summed E-state index contributed by atoms with van der Waals surface area (Å²) in [4.78, 5) is 26.9. The monoisotopic (exact) mass is 436 g/mol. The first-order valence-corrected chi connectivity index (χ1v) is 10.3. The third kappa shape index (κ3) is 6.94. The minimum absolute atomic E-state index is 0.171. The fourth-order valence-electron chi connectivity index (χ4n) is 2.68. The standard InChI is InChI=1S/C22H26Cl2N2O3/c1-4-11-25-22(28)16(3)26(13-17-7-10-19(23)20(24)12-17)21(27)14-29-18-8-5-15(2)6-9-18/h5-10,12,16H,4,11,13-14H2,1-3H3,(H,25,28)/t16-/m1/s1. The summed E-state index contributed by atoms with van der Waals surface area (Å²) in [5.41, 5.74) is 1.88. The minimum atomic E-state index is -0.662. The van der Waals surface area contributed by atoms with E-state index in [1.165, 1.54) is 4.90 Å². The number of carbonyl (C=O) groups excluding carboxylic acids is 2. The molecule has 2 aromatic rings. The van der Waals surface area contributed by atoms with Gasteiger partial charge in [-0.05, 0) is 50.1 Å². The van der Waals surface area contributed by atoms with Crippen molar-refractivity contribution in [2.75, 3.05) is 13.2 Å². The lowest BCUT2D eigenvalue weighted by molar-refractivity contribution is -0.142. The van der Waals surface area contributed by atoms with Crippen molar-refractivity contribution in [1.82, 2.24) is 10.2 Å². The number of hydrogen-bond donors (Lipinski definition) is 1. The number of halogens is 2. The van der Waals surface area contributed by atoms with E-state index >= 15 is 0 Å². The molecule has 7 heteroatoms. The number of nitrogens with zero attached hydrogens (tertiary/aromatic N) is 1. The van der Waals surface area contributed by atoms with Crippen LogP contribution in [0.25, 0.3) is 0 Å². The van der Waals surface area contributed by atoms with E-state index in [9.17, 15) is 9.59 Å². The average Bonchev–Trinajstić information content (AvgIpc) is 2.71. The molecule has 0 saturated carbocycles. The Morgan fingerprint density at radius 1 is 1.10 bits per heavy atom. The molecule has 0 aliphatic carbocycles. The van der Waals surface area contributed by atoms with Crippen molar-refractivity contribution in [2.24, 2.45) is 0 Å². The molecule has 0 fully saturated rings. The van der Waals surface area contributed by atoms with Gasteiger partial charge in [0.05, 0.1) is 10.0 Å². The normalized spacial score (nSPS) is 11.6. The molecule has 2 rings (SSSR count). The Balaban J connectivity index is 2.15. The summed E-state index contributed by atoms with van der Waals surface area (Å²) in [6.45, 7) is 6.25. The largest absolute Gasteiger partial charge is 0.484 e. The van der Waals surface area contributed by atoms with Gasteiger partial charge in [0.25, 0.3) is 5.91 Å². The molecule has 0 aliphatic heterocycles. The lowest BCUT2D eigenvalue weighted by Gasteiger charge is -2.29. The van der Waals surface area contributed by atoms with Crippen LogP contribution in [-0.4, -0.2) is 35.9 Å². The molecular formula is C22H26Cl2N2O3. The van der Waals surface area contributed by atoms with Crippen LogP contribution in [0.4, 0.5) is 0 Å². The Morgan fingerprint density at radius 3 is 2.41 bits per heavy atom. The van der Waals surface area contributed by atoms with E-state index in [2.05, 4.69) is 5.32 Å². The van der Waals surface area contributed by atoms with E-state index in [1.807, 2.05) is 38.1 Å². The van der Waals surface area contributed by atoms with Gasteiger partial charge in [-0.1, -0.05) is 53.9 Å². The van der Waals surface area contributed by atoms with Crippen molar-refractivity contribution in [3.8, 4) is 5.75 Å². The molecule has 0 aliphatic rings. The molecule has 0 unspecified atom stereocenters. The molecule has 156 valence electrons. The molecule has 1 N–H and O–H groups in total. The fourth-order valence-corrected chi connectivity index (χ4v) is 3.00. The van der Waals surface area contributed by atoms with Gasteiger partial charge in [-0.3, -0.25) is 9.59 Å². The third-order valence-electron chi connectivity index (χ3n) is 4.44. The Morgan fingerprint density at radius 2 is 1.79 bits per heavy atom. The smallest absolute Gasteiger partial charge is 0.261 e. The molecule has 0 saturated heterocycles. The van der Waals surface area contributed by atoms with Crippen LogP contribution in [0.5, 0.6) is 5.75 Å². The summed E-state index contributed by atoms with van der Waals surface area (Å²) in [5, 5.41) is 3.67. The van der Waals surface area contributed by atoms with Crippen molar-refractivity contribution in [2.45, 2.75) is 39.8 Å². The van der Waals surface area contributed by atoms with Gasteiger partial charge >= 0.3 is 0 Å². The maximum atomic E-state index is 12.9. The minimum Gasteiger partial charge on any atom is -0.484 e. The Kier molecular flexibility index (Phi) is 8.80. The number of rotatable bonds is 9. The van der Waals surface area contributed by atoms with E-state index in [1.54, 1.807) is 25.1 Å². The highest BCUT2D eigenvalue weighted by atomic mass is 35.5. The van der Waals surface area contributed by atoms with E-state index in [-0.39, 0.29) is 25.0 Å². The predicted octanol–water partition coefficient (Wildman–Crippen LogP) is 4.62. The van der Waals surface area contributed by atoms with Crippen LogP contribution in [0.15, 0.2) is 42.5 Å². The van der Waals surface area contributed by atoms with Crippen molar-refractivity contribution in [3.63, 3.8) is 0 Å². The zero-order chi connectivity index (χ0) is 21.4. The molecule has 2 aromatic carbocycles. The number of amides is 2. The molecular weight excluding hydrogens is 411 g/mol. The Bertz CT molecular complexity index is 840. The molecule has 1 atom stereocenters. The number of carbonyl (C=O) groups is 2. The number of hydrogen-bond acceptors (Lipinski definition) is 3. The van der Waals surface area contributed by atoms with Gasteiger partial charge in [0, 0.05) is 13.1 Å². The number of benzene rings is 2. The topological polar surface area (TPSA) is 58.6 Å². The second-order valence-corrected chi connectivity index (χ2v) is 7.65. The predicted molar refractivity (Wildman–Crippen MR) is 116 cm³/mol. The number of nitrogens with one attached hydrogen (secondary N) is 1. The van der Waals surface area contributed by atoms with Gasteiger partial charge in [-0.25, -0.2) is 0 Å². The van der Waals surface area contributed by atoms with E-state index in [0.717, 1.165) is 17.5 Å². The summed E-state index contributed by atoms with van der Waals surface area (Å²) in [6.07, 6.45) is 0.815. The molecule has 5 nitrogen and oxygen atoms in total. The van der Waals surface area contributed by atoms with Gasteiger partial charge in [0.1, 0.15) is 11.8 Å². The van der Waals surface area contributed by atoms with E-state index in [4.69, 9.17) is 27.9 Å². The molecule has 0 bridgehead atoms. The quantitative estimate of drug-likeness (QED) is 0.623. The summed E-state index contributed by atoms with van der Waals surface area (Å²) >= 11 is 12.1. The average molecular weight is 437 g/mol. The van der Waals surface area contributed by atoms with Crippen LogP contribution in [0, 0.1) is 6.92 Å². The first-order chi connectivity index (χ1) is 13.8. The van der Waals surface area contributed by atoms with Gasteiger partial charge in [-0.2, -0.15) is 0 Å². The zero-order valence-electron chi connectivity index (χ0n) is 16.9. The van der Waals surface area contributed by atoms with Crippen molar-refractivity contribution >= 4 is 35.0 Å². The Hall–Kier alpha value is -2.24. The van der Waals surface area contributed by atoms with Crippen molar-refractivity contribution < 1.29 is 14.3 Å². The second kappa shape index (κ2) is 11.1. The van der Waals surface area contributed by atoms with Gasteiger partial charge in [-0.15, -0.1) is 0 Å².